The molecule has 0 unspecified atom stereocenters. The Labute approximate surface area is 113 Å². The van der Waals surface area contributed by atoms with Gasteiger partial charge in [-0.2, -0.15) is 0 Å². The molecule has 0 radical (unpaired) electrons. The Morgan fingerprint density at radius 2 is 2.32 bits per heavy atom. The van der Waals surface area contributed by atoms with Crippen LogP contribution in [0.1, 0.15) is 35.7 Å². The number of aromatic nitrogens is 1. The van der Waals surface area contributed by atoms with Crippen LogP contribution in [-0.2, 0) is 0 Å². The summed E-state index contributed by atoms with van der Waals surface area (Å²) in [4.78, 5) is 28.4. The second-order valence-corrected chi connectivity index (χ2v) is 5.04. The van der Waals surface area contributed by atoms with Gasteiger partial charge in [0.1, 0.15) is 0 Å². The summed E-state index contributed by atoms with van der Waals surface area (Å²) < 4.78 is 0. The van der Waals surface area contributed by atoms with Crippen LogP contribution >= 0.6 is 0 Å². The summed E-state index contributed by atoms with van der Waals surface area (Å²) >= 11 is 0. The first-order valence-electron chi connectivity index (χ1n) is 6.84. The lowest BCUT2D eigenvalue weighted by molar-refractivity contribution is 0.0691. The Bertz CT molecular complexity index is 504. The molecule has 2 heterocycles. The summed E-state index contributed by atoms with van der Waals surface area (Å²) in [5, 5.41) is 3.29. The topological polar surface area (TPSA) is 65.2 Å². The van der Waals surface area contributed by atoms with Crippen molar-refractivity contribution in [3.63, 3.8) is 0 Å². The number of carbonyl (C=O) groups excluding carboxylic acids is 1. The molecule has 104 valence electrons. The van der Waals surface area contributed by atoms with Crippen molar-refractivity contribution in [2.75, 3.05) is 19.6 Å². The third-order valence-electron chi connectivity index (χ3n) is 3.56. The summed E-state index contributed by atoms with van der Waals surface area (Å²) in [5.41, 5.74) is 1.17. The van der Waals surface area contributed by atoms with E-state index in [9.17, 15) is 9.59 Å². The van der Waals surface area contributed by atoms with Crippen molar-refractivity contribution in [3.05, 3.63) is 33.7 Å². The van der Waals surface area contributed by atoms with E-state index in [4.69, 9.17) is 0 Å². The van der Waals surface area contributed by atoms with Gasteiger partial charge in [-0.1, -0.05) is 6.92 Å². The van der Waals surface area contributed by atoms with E-state index in [1.807, 2.05) is 4.90 Å². The van der Waals surface area contributed by atoms with E-state index in [1.165, 1.54) is 12.3 Å². The van der Waals surface area contributed by atoms with E-state index < -0.39 is 0 Å². The molecule has 1 aromatic rings. The van der Waals surface area contributed by atoms with Gasteiger partial charge in [0.25, 0.3) is 5.91 Å². The molecule has 1 fully saturated rings. The van der Waals surface area contributed by atoms with Gasteiger partial charge < -0.3 is 15.2 Å². The third kappa shape index (κ3) is 3.04. The smallest absolute Gasteiger partial charge is 0.255 e. The number of nitrogens with one attached hydrogen (secondary N) is 2. The minimum absolute atomic E-state index is 0.0179. The highest BCUT2D eigenvalue weighted by Gasteiger charge is 2.27. The predicted octanol–water partition coefficient (Wildman–Crippen LogP) is 0.897. The largest absolute Gasteiger partial charge is 0.334 e. The Morgan fingerprint density at radius 3 is 2.89 bits per heavy atom. The Kier molecular flexibility index (Phi) is 4.37. The summed E-state index contributed by atoms with van der Waals surface area (Å²) in [7, 11) is 0. The van der Waals surface area contributed by atoms with Crippen molar-refractivity contribution in [2.24, 2.45) is 0 Å². The van der Waals surface area contributed by atoms with Gasteiger partial charge in [0, 0.05) is 31.4 Å². The standard InChI is InChI=1S/C14H21N3O2/c1-3-6-17(11-4-5-15-8-11)14(19)12-9-16-13(18)7-10(12)2/h7,9,11,15H,3-6,8H2,1-2H3,(H,16,18)/t11-/m1/s1. The molecular weight excluding hydrogens is 242 g/mol. The van der Waals surface area contributed by atoms with Crippen molar-refractivity contribution in [1.29, 1.82) is 0 Å². The van der Waals surface area contributed by atoms with Crippen molar-refractivity contribution in [3.8, 4) is 0 Å². The van der Waals surface area contributed by atoms with E-state index in [1.54, 1.807) is 6.92 Å². The van der Waals surface area contributed by atoms with E-state index in [2.05, 4.69) is 17.2 Å². The fourth-order valence-corrected chi connectivity index (χ4v) is 2.55. The van der Waals surface area contributed by atoms with Crippen LogP contribution in [0.15, 0.2) is 17.1 Å². The number of nitrogens with zero attached hydrogens (tertiary/aromatic N) is 1. The van der Waals surface area contributed by atoms with Gasteiger partial charge in [0.05, 0.1) is 5.56 Å². The van der Waals surface area contributed by atoms with Crippen molar-refractivity contribution >= 4 is 5.91 Å². The first kappa shape index (κ1) is 13.8. The van der Waals surface area contributed by atoms with Crippen LogP contribution in [0, 0.1) is 6.92 Å². The third-order valence-corrected chi connectivity index (χ3v) is 3.56. The van der Waals surface area contributed by atoms with Crippen LogP contribution in [-0.4, -0.2) is 41.5 Å². The molecule has 0 spiro atoms. The lowest BCUT2D eigenvalue weighted by atomic mass is 10.1. The summed E-state index contributed by atoms with van der Waals surface area (Å²) in [5.74, 6) is 0.0179. The van der Waals surface area contributed by atoms with Crippen LogP contribution in [0.5, 0.6) is 0 Å². The fourth-order valence-electron chi connectivity index (χ4n) is 2.55. The van der Waals surface area contributed by atoms with Crippen LogP contribution in [0.2, 0.25) is 0 Å². The Morgan fingerprint density at radius 1 is 1.53 bits per heavy atom. The molecule has 2 N–H and O–H groups in total. The quantitative estimate of drug-likeness (QED) is 0.848. The summed E-state index contributed by atoms with van der Waals surface area (Å²) in [6, 6.07) is 1.74. The van der Waals surface area contributed by atoms with Crippen molar-refractivity contribution < 1.29 is 4.79 Å². The molecule has 2 rings (SSSR count). The zero-order valence-electron chi connectivity index (χ0n) is 11.5. The van der Waals surface area contributed by atoms with E-state index in [0.29, 0.717) is 5.56 Å². The highest BCUT2D eigenvalue weighted by molar-refractivity contribution is 5.95. The van der Waals surface area contributed by atoms with Crippen LogP contribution < -0.4 is 10.9 Å². The minimum atomic E-state index is -0.168. The molecule has 1 atom stereocenters. The Hall–Kier alpha value is -1.62. The number of amides is 1. The van der Waals surface area contributed by atoms with Crippen LogP contribution in [0.25, 0.3) is 0 Å². The number of rotatable bonds is 4. The SMILES string of the molecule is CCCN(C(=O)c1c[nH]c(=O)cc1C)[C@@H]1CCNC1. The molecule has 1 aliphatic rings. The maximum atomic E-state index is 12.6. The second-order valence-electron chi connectivity index (χ2n) is 5.04. The summed E-state index contributed by atoms with van der Waals surface area (Å²) in [6.45, 7) is 6.45. The minimum Gasteiger partial charge on any atom is -0.334 e. The maximum Gasteiger partial charge on any atom is 0.255 e. The van der Waals surface area contributed by atoms with Crippen LogP contribution in [0.3, 0.4) is 0 Å². The lowest BCUT2D eigenvalue weighted by Gasteiger charge is -2.28. The molecule has 5 nitrogen and oxygen atoms in total. The van der Waals surface area contributed by atoms with Gasteiger partial charge in [-0.15, -0.1) is 0 Å². The fraction of sp³-hybridized carbons (Fsp3) is 0.571. The van der Waals surface area contributed by atoms with Gasteiger partial charge in [0.2, 0.25) is 5.56 Å². The first-order chi connectivity index (χ1) is 9.13. The molecule has 1 aliphatic heterocycles. The normalized spacial score (nSPS) is 18.5. The highest BCUT2D eigenvalue weighted by Crippen LogP contribution is 2.15. The zero-order chi connectivity index (χ0) is 13.8. The molecular formula is C14H21N3O2. The number of hydrogen-bond donors (Lipinski definition) is 2. The number of aromatic amines is 1. The maximum absolute atomic E-state index is 12.6. The lowest BCUT2D eigenvalue weighted by Crippen LogP contribution is -2.42. The Balaban J connectivity index is 2.25. The van der Waals surface area contributed by atoms with E-state index in [-0.39, 0.29) is 17.5 Å². The average Bonchev–Trinajstić information content (AvgIpc) is 2.89. The van der Waals surface area contributed by atoms with E-state index >= 15 is 0 Å². The molecule has 1 amide bonds. The monoisotopic (exact) mass is 263 g/mol. The highest BCUT2D eigenvalue weighted by atomic mass is 16.2. The molecule has 0 aromatic carbocycles. The molecule has 0 bridgehead atoms. The van der Waals surface area contributed by atoms with Gasteiger partial charge in [-0.05, 0) is 31.9 Å². The van der Waals surface area contributed by atoms with Crippen molar-refractivity contribution in [1.82, 2.24) is 15.2 Å². The number of hydrogen-bond acceptors (Lipinski definition) is 3. The van der Waals surface area contributed by atoms with Gasteiger partial charge in [-0.3, -0.25) is 9.59 Å². The second kappa shape index (κ2) is 6.02. The molecule has 0 aliphatic carbocycles. The van der Waals surface area contributed by atoms with Gasteiger partial charge >= 0.3 is 0 Å². The molecule has 5 heteroatoms. The molecule has 0 saturated carbocycles. The molecule has 1 aromatic heterocycles. The molecule has 1 saturated heterocycles. The predicted molar refractivity (Wildman–Crippen MR) is 74.4 cm³/mol. The van der Waals surface area contributed by atoms with Gasteiger partial charge in [0.15, 0.2) is 0 Å². The zero-order valence-corrected chi connectivity index (χ0v) is 11.5. The van der Waals surface area contributed by atoms with Gasteiger partial charge in [-0.25, -0.2) is 0 Å². The van der Waals surface area contributed by atoms with E-state index in [0.717, 1.165) is 38.0 Å². The molecule has 19 heavy (non-hydrogen) atoms. The average molecular weight is 263 g/mol. The van der Waals surface area contributed by atoms with Crippen molar-refractivity contribution in [2.45, 2.75) is 32.7 Å². The van der Waals surface area contributed by atoms with Crippen LogP contribution in [0.4, 0.5) is 0 Å². The number of aryl methyl sites for hydroxylation is 1. The number of H-pyrrole nitrogens is 1. The summed E-state index contributed by atoms with van der Waals surface area (Å²) in [6.07, 6.45) is 3.46. The number of carbonyl (C=O) groups is 1. The first-order valence-corrected chi connectivity index (χ1v) is 6.84. The number of pyridine rings is 1.